The van der Waals surface area contributed by atoms with E-state index in [0.29, 0.717) is 15.9 Å². The summed E-state index contributed by atoms with van der Waals surface area (Å²) in [5.41, 5.74) is 0.856. The number of H-pyrrole nitrogens is 1. The van der Waals surface area contributed by atoms with Crippen LogP contribution in [-0.4, -0.2) is 15.1 Å². The average molecular weight is 429 g/mol. The van der Waals surface area contributed by atoms with Crippen molar-refractivity contribution in [3.8, 4) is 17.4 Å². The Morgan fingerprint density at radius 2 is 2.14 bits per heavy atom. The summed E-state index contributed by atoms with van der Waals surface area (Å²) in [5, 5.41) is 11.3. The number of aromatic amines is 1. The number of hydrogen-bond donors (Lipinski definition) is 2. The molecule has 2 N–H and O–H groups in total. The lowest BCUT2D eigenvalue weighted by molar-refractivity contribution is 0.401. The molecule has 2 heterocycles. The highest BCUT2D eigenvalue weighted by atomic mass is 127. The molecule has 7 heteroatoms. The van der Waals surface area contributed by atoms with Gasteiger partial charge in [0.2, 0.25) is 11.6 Å². The van der Waals surface area contributed by atoms with Crippen LogP contribution in [0.3, 0.4) is 0 Å². The zero-order valence-electron chi connectivity index (χ0n) is 11.4. The predicted octanol–water partition coefficient (Wildman–Crippen LogP) is 3.99. The van der Waals surface area contributed by atoms with Crippen molar-refractivity contribution in [2.24, 2.45) is 0 Å². The summed E-state index contributed by atoms with van der Waals surface area (Å²) in [4.78, 5) is 18.8. The number of hydrogen-bond acceptors (Lipinski definition) is 4. The molecular weight excluding hydrogens is 419 g/mol. The van der Waals surface area contributed by atoms with E-state index in [1.54, 1.807) is 30.5 Å². The van der Waals surface area contributed by atoms with Gasteiger partial charge in [0.1, 0.15) is 0 Å². The molecule has 0 saturated heterocycles. The summed E-state index contributed by atoms with van der Waals surface area (Å²) in [6.07, 6.45) is 1.62. The Balaban J connectivity index is 2.15. The summed E-state index contributed by atoms with van der Waals surface area (Å²) in [7, 11) is 0. The van der Waals surface area contributed by atoms with E-state index in [1.807, 2.05) is 29.5 Å². The Morgan fingerprint density at radius 1 is 1.36 bits per heavy atom. The van der Waals surface area contributed by atoms with Crippen LogP contribution in [0.4, 0.5) is 0 Å². The molecule has 2 aromatic heterocycles. The molecule has 0 aliphatic rings. The van der Waals surface area contributed by atoms with Gasteiger partial charge in [-0.1, -0.05) is 17.7 Å². The quantitative estimate of drug-likeness (QED) is 0.605. The number of ether oxygens (including phenoxy) is 1. The third-order valence-electron chi connectivity index (χ3n) is 3.08. The van der Waals surface area contributed by atoms with Gasteiger partial charge in [-0.15, -0.1) is 0 Å². The van der Waals surface area contributed by atoms with Crippen LogP contribution in [0.5, 0.6) is 17.4 Å². The van der Waals surface area contributed by atoms with Crippen molar-refractivity contribution in [2.75, 3.05) is 0 Å². The number of benzene rings is 1. The molecule has 112 valence electrons. The third-order valence-corrected chi connectivity index (χ3v) is 4.60. The minimum atomic E-state index is -0.551. The van der Waals surface area contributed by atoms with Gasteiger partial charge in [-0.3, -0.25) is 4.79 Å². The van der Waals surface area contributed by atoms with Crippen LogP contribution < -0.4 is 10.3 Å². The number of nitrogens with zero attached hydrogens (tertiary/aromatic N) is 1. The van der Waals surface area contributed by atoms with Crippen molar-refractivity contribution in [2.45, 2.75) is 6.92 Å². The Kier molecular flexibility index (Phi) is 3.96. The van der Waals surface area contributed by atoms with Crippen LogP contribution in [0.1, 0.15) is 5.56 Å². The van der Waals surface area contributed by atoms with Gasteiger partial charge >= 0.3 is 0 Å². The molecule has 5 nitrogen and oxygen atoms in total. The molecule has 3 rings (SSSR count). The van der Waals surface area contributed by atoms with Gasteiger partial charge < -0.3 is 14.8 Å². The largest absolute Gasteiger partial charge is 0.504 e. The van der Waals surface area contributed by atoms with Crippen molar-refractivity contribution in [3.63, 3.8) is 0 Å². The zero-order chi connectivity index (χ0) is 15.9. The monoisotopic (exact) mass is 428 g/mol. The summed E-state index contributed by atoms with van der Waals surface area (Å²) in [5.74, 6) is -0.202. The second-order valence-corrected chi connectivity index (χ2v) is 6.29. The number of rotatable bonds is 2. The molecule has 3 aromatic rings. The zero-order valence-corrected chi connectivity index (χ0v) is 14.3. The number of pyridine rings is 2. The normalized spacial score (nSPS) is 10.9. The molecular formula is C15H10ClIN2O3. The Hall–Kier alpha value is -1.80. The van der Waals surface area contributed by atoms with Crippen molar-refractivity contribution >= 4 is 45.1 Å². The molecule has 0 saturated carbocycles. The van der Waals surface area contributed by atoms with E-state index in [9.17, 15) is 9.90 Å². The molecule has 0 spiro atoms. The van der Waals surface area contributed by atoms with Gasteiger partial charge in [0.05, 0.1) is 10.5 Å². The Morgan fingerprint density at radius 3 is 2.82 bits per heavy atom. The van der Waals surface area contributed by atoms with Crippen LogP contribution in [-0.2, 0) is 0 Å². The molecule has 0 bridgehead atoms. The summed E-state index contributed by atoms with van der Waals surface area (Å²) >= 11 is 8.07. The molecule has 1 aromatic carbocycles. The number of aromatic hydroxyl groups is 1. The van der Waals surface area contributed by atoms with Crippen LogP contribution >= 0.6 is 34.2 Å². The van der Waals surface area contributed by atoms with E-state index in [2.05, 4.69) is 9.97 Å². The topological polar surface area (TPSA) is 75.2 Å². The third kappa shape index (κ3) is 2.76. The number of halogens is 2. The van der Waals surface area contributed by atoms with Gasteiger partial charge in [-0.05, 0) is 47.2 Å². The standard InChI is InChI=1S/C15H10ClIN2O3/c1-7-2-3-12(18-6-7)22-14-13(20)8-4-10(17)9(16)5-11(8)19-15(14)21/h2-6H,1H3,(H2,19,20,21). The van der Waals surface area contributed by atoms with Crippen molar-refractivity contribution in [3.05, 3.63) is 55.0 Å². The number of nitrogens with one attached hydrogen (secondary N) is 1. The maximum atomic E-state index is 12.1. The van der Waals surface area contributed by atoms with Crippen LogP contribution in [0.25, 0.3) is 10.9 Å². The van der Waals surface area contributed by atoms with Crippen LogP contribution in [0, 0.1) is 10.5 Å². The Bertz CT molecular complexity index is 923. The fourth-order valence-corrected chi connectivity index (χ4v) is 2.60. The summed E-state index contributed by atoms with van der Waals surface area (Å²) in [6.45, 7) is 1.89. The fourth-order valence-electron chi connectivity index (χ4n) is 1.97. The molecule has 0 unspecified atom stereocenters. The van der Waals surface area contributed by atoms with Crippen molar-refractivity contribution in [1.29, 1.82) is 0 Å². The number of fused-ring (bicyclic) bond motifs is 1. The fraction of sp³-hybridized carbons (Fsp3) is 0.0667. The molecule has 0 amide bonds. The lowest BCUT2D eigenvalue weighted by Gasteiger charge is -2.09. The highest BCUT2D eigenvalue weighted by molar-refractivity contribution is 14.1. The maximum Gasteiger partial charge on any atom is 0.295 e. The van der Waals surface area contributed by atoms with Gasteiger partial charge in [0.25, 0.3) is 5.56 Å². The first kappa shape index (κ1) is 15.1. The van der Waals surface area contributed by atoms with Crippen molar-refractivity contribution < 1.29 is 9.84 Å². The van der Waals surface area contributed by atoms with Crippen LogP contribution in [0.15, 0.2) is 35.3 Å². The first-order valence-corrected chi connectivity index (χ1v) is 7.76. The highest BCUT2D eigenvalue weighted by Gasteiger charge is 2.16. The maximum absolute atomic E-state index is 12.1. The molecule has 0 radical (unpaired) electrons. The smallest absolute Gasteiger partial charge is 0.295 e. The van der Waals surface area contributed by atoms with Crippen LogP contribution in [0.2, 0.25) is 5.02 Å². The lowest BCUT2D eigenvalue weighted by atomic mass is 10.2. The molecule has 22 heavy (non-hydrogen) atoms. The summed E-state index contributed by atoms with van der Waals surface area (Å²) < 4.78 is 6.19. The molecule has 0 atom stereocenters. The van der Waals surface area contributed by atoms with Gasteiger partial charge in [-0.25, -0.2) is 4.98 Å². The number of aromatic nitrogens is 2. The molecule has 0 aliphatic heterocycles. The predicted molar refractivity (Wildman–Crippen MR) is 93.0 cm³/mol. The minimum Gasteiger partial charge on any atom is -0.504 e. The Labute approximate surface area is 144 Å². The highest BCUT2D eigenvalue weighted by Crippen LogP contribution is 2.35. The second kappa shape index (κ2) is 5.77. The SMILES string of the molecule is Cc1ccc(Oc2c(O)c3cc(I)c(Cl)cc3[nH]c2=O)nc1. The number of aryl methyl sites for hydroxylation is 1. The van der Waals surface area contributed by atoms with E-state index < -0.39 is 5.56 Å². The molecule has 0 aliphatic carbocycles. The van der Waals surface area contributed by atoms with Gasteiger partial charge in [0, 0.05) is 21.2 Å². The van der Waals surface area contributed by atoms with E-state index in [0.717, 1.165) is 9.13 Å². The van der Waals surface area contributed by atoms with Gasteiger partial charge in [0.15, 0.2) is 5.75 Å². The first-order valence-electron chi connectivity index (χ1n) is 6.30. The summed E-state index contributed by atoms with van der Waals surface area (Å²) in [6, 6.07) is 6.70. The van der Waals surface area contributed by atoms with E-state index in [1.165, 1.54) is 0 Å². The van der Waals surface area contributed by atoms with E-state index in [4.69, 9.17) is 16.3 Å². The average Bonchev–Trinajstić information content (AvgIpc) is 2.48. The second-order valence-electron chi connectivity index (χ2n) is 4.72. The minimum absolute atomic E-state index is 0.193. The van der Waals surface area contributed by atoms with Crippen molar-refractivity contribution in [1.82, 2.24) is 9.97 Å². The van der Waals surface area contributed by atoms with E-state index >= 15 is 0 Å². The lowest BCUT2D eigenvalue weighted by Crippen LogP contribution is -2.09. The van der Waals surface area contributed by atoms with E-state index in [-0.39, 0.29) is 17.4 Å². The molecule has 0 fully saturated rings. The first-order chi connectivity index (χ1) is 10.5. The van der Waals surface area contributed by atoms with Gasteiger partial charge in [-0.2, -0.15) is 0 Å².